The van der Waals surface area contributed by atoms with Crippen molar-refractivity contribution in [3.8, 4) is 0 Å². The van der Waals surface area contributed by atoms with Gasteiger partial charge < -0.3 is 0 Å². The van der Waals surface area contributed by atoms with E-state index in [9.17, 15) is 4.79 Å². The van der Waals surface area contributed by atoms with Gasteiger partial charge in [-0.05, 0) is 19.4 Å². The monoisotopic (exact) mass is 113 g/mol. The molecule has 0 N–H and O–H groups in total. The maximum atomic E-state index is 10.3. The highest BCUT2D eigenvalue weighted by molar-refractivity contribution is 5.80. The topological polar surface area (TPSA) is 65.8 Å². The second-order valence-electron chi connectivity index (χ2n) is 1.49. The van der Waals surface area contributed by atoms with Crippen LogP contribution in [0.15, 0.2) is 5.11 Å². The summed E-state index contributed by atoms with van der Waals surface area (Å²) in [5.74, 6) is -0.109. The number of hydrogen-bond donors (Lipinski definition) is 0. The molecule has 8 heavy (non-hydrogen) atoms. The highest BCUT2D eigenvalue weighted by Crippen LogP contribution is 1.89. The summed E-state index contributed by atoms with van der Waals surface area (Å²) in [5, 5.41) is 3.16. The van der Waals surface area contributed by atoms with Crippen molar-refractivity contribution in [3.63, 3.8) is 0 Å². The number of carbonyl (C=O) groups is 1. The molecule has 0 saturated heterocycles. The van der Waals surface area contributed by atoms with Crippen molar-refractivity contribution in [2.45, 2.75) is 19.9 Å². The molecule has 0 aliphatic rings. The number of hydrogen-bond acceptors (Lipinski definition) is 2. The van der Waals surface area contributed by atoms with E-state index in [-0.39, 0.29) is 5.78 Å². The number of nitrogens with zero attached hydrogens (tertiary/aromatic N) is 3. The predicted octanol–water partition coefficient (Wildman–Crippen LogP) is 1.27. The Kier molecular flexibility index (Phi) is 2.66. The number of carbonyl (C=O) groups excluding carboxylic acids is 1. The Bertz CT molecular complexity index is 134. The van der Waals surface area contributed by atoms with E-state index in [0.29, 0.717) is 0 Å². The van der Waals surface area contributed by atoms with Gasteiger partial charge in [0.05, 0.1) is 6.04 Å². The molecular weight excluding hydrogens is 106 g/mol. The second kappa shape index (κ2) is 3.04. The van der Waals surface area contributed by atoms with Gasteiger partial charge in [0, 0.05) is 4.91 Å². The third-order valence-electron chi connectivity index (χ3n) is 0.813. The van der Waals surface area contributed by atoms with Crippen molar-refractivity contribution in [3.05, 3.63) is 10.4 Å². The van der Waals surface area contributed by atoms with Crippen molar-refractivity contribution >= 4 is 5.78 Å². The largest absolute Gasteiger partial charge is 0.300 e. The molecule has 0 fully saturated rings. The number of azide groups is 1. The van der Waals surface area contributed by atoms with E-state index < -0.39 is 6.04 Å². The lowest BCUT2D eigenvalue weighted by atomic mass is 10.3. The van der Waals surface area contributed by atoms with Crippen molar-refractivity contribution in [2.24, 2.45) is 5.11 Å². The first-order valence-electron chi connectivity index (χ1n) is 2.23. The molecule has 44 valence electrons. The van der Waals surface area contributed by atoms with Gasteiger partial charge in [0.1, 0.15) is 5.78 Å². The summed E-state index contributed by atoms with van der Waals surface area (Å²) in [5.41, 5.74) is 7.79. The smallest absolute Gasteiger partial charge is 0.138 e. The summed E-state index contributed by atoms with van der Waals surface area (Å²) >= 11 is 0. The normalized spacial score (nSPS) is 11.8. The van der Waals surface area contributed by atoms with Crippen LogP contribution in [0.3, 0.4) is 0 Å². The summed E-state index contributed by atoms with van der Waals surface area (Å²) in [6.07, 6.45) is 0. The first kappa shape index (κ1) is 6.98. The maximum absolute atomic E-state index is 10.3. The number of rotatable bonds is 2. The lowest BCUT2D eigenvalue weighted by molar-refractivity contribution is -0.117. The summed E-state index contributed by atoms with van der Waals surface area (Å²) in [4.78, 5) is 12.7. The van der Waals surface area contributed by atoms with E-state index in [1.807, 2.05) is 0 Å². The van der Waals surface area contributed by atoms with Crippen molar-refractivity contribution in [1.82, 2.24) is 0 Å². The molecule has 0 aromatic carbocycles. The van der Waals surface area contributed by atoms with Crippen molar-refractivity contribution in [1.29, 1.82) is 0 Å². The lowest BCUT2D eigenvalue weighted by Crippen LogP contribution is -2.07. The minimum atomic E-state index is -0.514. The quantitative estimate of drug-likeness (QED) is 0.302. The van der Waals surface area contributed by atoms with E-state index in [4.69, 9.17) is 5.53 Å². The van der Waals surface area contributed by atoms with Crippen LogP contribution in [0, 0.1) is 0 Å². The van der Waals surface area contributed by atoms with Crippen molar-refractivity contribution < 1.29 is 4.79 Å². The standard InChI is InChI=1S/C4H7N3O/c1-3(4(2)8)6-7-5/h3H,1-2H3. The highest BCUT2D eigenvalue weighted by Gasteiger charge is 2.01. The minimum Gasteiger partial charge on any atom is -0.300 e. The van der Waals surface area contributed by atoms with Gasteiger partial charge in [-0.1, -0.05) is 5.11 Å². The van der Waals surface area contributed by atoms with Gasteiger partial charge in [0.25, 0.3) is 0 Å². The van der Waals surface area contributed by atoms with Gasteiger partial charge in [-0.2, -0.15) is 0 Å². The molecule has 0 heterocycles. The lowest BCUT2D eigenvalue weighted by Gasteiger charge is -1.91. The molecule has 0 radical (unpaired) electrons. The Morgan fingerprint density at radius 1 is 1.88 bits per heavy atom. The zero-order valence-corrected chi connectivity index (χ0v) is 4.83. The fraction of sp³-hybridized carbons (Fsp3) is 0.750. The van der Waals surface area contributed by atoms with Crippen LogP contribution in [0.1, 0.15) is 13.8 Å². The van der Waals surface area contributed by atoms with Crippen molar-refractivity contribution in [2.75, 3.05) is 0 Å². The zero-order valence-electron chi connectivity index (χ0n) is 4.83. The SMILES string of the molecule is CC(=O)C(C)N=[N+]=[N-]. The van der Waals surface area contributed by atoms with E-state index in [0.717, 1.165) is 0 Å². The molecule has 0 amide bonds. The average Bonchev–Trinajstić information content (AvgIpc) is 1.67. The summed E-state index contributed by atoms with van der Waals surface area (Å²) in [6.45, 7) is 2.95. The molecule has 1 atom stereocenters. The first-order valence-corrected chi connectivity index (χ1v) is 2.23. The Balaban J connectivity index is 3.82. The maximum Gasteiger partial charge on any atom is 0.138 e. The van der Waals surface area contributed by atoms with E-state index in [1.165, 1.54) is 6.92 Å². The minimum absolute atomic E-state index is 0.109. The fourth-order valence-corrected chi connectivity index (χ4v) is 0.159. The van der Waals surface area contributed by atoms with Gasteiger partial charge in [-0.25, -0.2) is 0 Å². The van der Waals surface area contributed by atoms with Crippen LogP contribution in [-0.4, -0.2) is 11.8 Å². The van der Waals surface area contributed by atoms with Crippen LogP contribution >= 0.6 is 0 Å². The molecule has 0 bridgehead atoms. The molecule has 0 aliphatic heterocycles. The fourth-order valence-electron chi connectivity index (χ4n) is 0.159. The predicted molar refractivity (Wildman–Crippen MR) is 29.3 cm³/mol. The van der Waals surface area contributed by atoms with Crippen LogP contribution in [0.2, 0.25) is 0 Å². The van der Waals surface area contributed by atoms with Gasteiger partial charge in [-0.15, -0.1) is 0 Å². The third-order valence-corrected chi connectivity index (χ3v) is 0.813. The number of Topliss-reactive ketones (excluding diaryl/α,β-unsaturated/α-hetero) is 1. The van der Waals surface area contributed by atoms with Gasteiger partial charge in [0.15, 0.2) is 0 Å². The summed E-state index contributed by atoms with van der Waals surface area (Å²) in [6, 6.07) is -0.514. The second-order valence-corrected chi connectivity index (χ2v) is 1.49. The van der Waals surface area contributed by atoms with Gasteiger partial charge >= 0.3 is 0 Å². The van der Waals surface area contributed by atoms with E-state index in [2.05, 4.69) is 10.0 Å². The first-order chi connectivity index (χ1) is 3.68. The van der Waals surface area contributed by atoms with E-state index in [1.54, 1.807) is 6.92 Å². The molecule has 4 heteroatoms. The number of ketones is 1. The molecule has 0 aliphatic carbocycles. The highest BCUT2D eigenvalue weighted by atomic mass is 16.1. The third kappa shape index (κ3) is 2.21. The Morgan fingerprint density at radius 3 is 2.50 bits per heavy atom. The van der Waals surface area contributed by atoms with Crippen LogP contribution in [0.25, 0.3) is 10.4 Å². The van der Waals surface area contributed by atoms with Crippen LogP contribution in [-0.2, 0) is 4.79 Å². The average molecular weight is 113 g/mol. The summed E-state index contributed by atoms with van der Waals surface area (Å²) in [7, 11) is 0. The van der Waals surface area contributed by atoms with E-state index >= 15 is 0 Å². The Morgan fingerprint density at radius 2 is 2.38 bits per heavy atom. The molecule has 0 saturated carbocycles. The Hall–Kier alpha value is -1.02. The molecule has 0 aromatic rings. The van der Waals surface area contributed by atoms with Crippen LogP contribution < -0.4 is 0 Å². The Labute approximate surface area is 47.1 Å². The molecule has 1 unspecified atom stereocenters. The van der Waals surface area contributed by atoms with Crippen LogP contribution in [0.4, 0.5) is 0 Å². The van der Waals surface area contributed by atoms with Gasteiger partial charge in [-0.3, -0.25) is 4.79 Å². The molecule has 0 aromatic heterocycles. The molecule has 0 spiro atoms. The molecule has 0 rings (SSSR count). The summed E-state index contributed by atoms with van der Waals surface area (Å²) < 4.78 is 0. The zero-order chi connectivity index (χ0) is 6.57. The molecular formula is C4H7N3O. The van der Waals surface area contributed by atoms with Crippen LogP contribution in [0.5, 0.6) is 0 Å². The van der Waals surface area contributed by atoms with Gasteiger partial charge in [0.2, 0.25) is 0 Å². The molecule has 4 nitrogen and oxygen atoms in total.